The highest BCUT2D eigenvalue weighted by Crippen LogP contribution is 2.61. The summed E-state index contributed by atoms with van der Waals surface area (Å²) in [4.78, 5) is 14.8. The lowest BCUT2D eigenvalue weighted by molar-refractivity contribution is 0.775. The average molecular weight is 700 g/mol. The minimum absolute atomic E-state index is 0.526. The van der Waals surface area contributed by atoms with Crippen LogP contribution in [0.3, 0.4) is 0 Å². The number of benzene rings is 7. The minimum atomic E-state index is -0.526. The molecule has 0 saturated heterocycles. The Morgan fingerprint density at radius 2 is 0.709 bits per heavy atom. The molecule has 1 spiro atoms. The molecule has 0 radical (unpaired) electrons. The van der Waals surface area contributed by atoms with E-state index in [1.54, 1.807) is 0 Å². The van der Waals surface area contributed by atoms with Crippen LogP contribution in [0.5, 0.6) is 0 Å². The van der Waals surface area contributed by atoms with Gasteiger partial charge in [0.2, 0.25) is 0 Å². The van der Waals surface area contributed by atoms with Crippen LogP contribution < -0.4 is 0 Å². The molecule has 9 aromatic rings. The van der Waals surface area contributed by atoms with Crippen LogP contribution in [0.2, 0.25) is 0 Å². The second-order valence-corrected chi connectivity index (χ2v) is 14.3. The summed E-state index contributed by atoms with van der Waals surface area (Å²) in [6.45, 7) is 0. The summed E-state index contributed by atoms with van der Waals surface area (Å²) in [5.41, 5.74) is 19.1. The lowest BCUT2D eigenvalue weighted by atomic mass is 9.66. The lowest BCUT2D eigenvalue weighted by Crippen LogP contribution is -2.29. The Bertz CT molecular complexity index is 2870. The maximum absolute atomic E-state index is 5.30. The van der Waals surface area contributed by atoms with Crippen LogP contribution >= 0.6 is 0 Å². The Labute approximate surface area is 320 Å². The summed E-state index contributed by atoms with van der Waals surface area (Å²) in [7, 11) is 0. The van der Waals surface area contributed by atoms with E-state index in [9.17, 15) is 0 Å². The molecule has 3 nitrogen and oxygen atoms in total. The summed E-state index contributed by atoms with van der Waals surface area (Å²) >= 11 is 0. The SMILES string of the molecule is c1ccc(-c2ccc(-c3cc(-c4ccncc4)nc(-c4ccc5c(c4)-c4ccccc4-c4ccccc4C54c5ccccc5-c5ccccc54)n3)cc2)cc1. The Hall–Kier alpha value is -7.23. The summed E-state index contributed by atoms with van der Waals surface area (Å²) < 4.78 is 0. The largest absolute Gasteiger partial charge is 0.265 e. The molecule has 0 atom stereocenters. The van der Waals surface area contributed by atoms with Crippen molar-refractivity contribution in [3.8, 4) is 78.4 Å². The molecular formula is C52H33N3. The predicted octanol–water partition coefficient (Wildman–Crippen LogP) is 12.6. The molecule has 0 aliphatic heterocycles. The zero-order valence-electron chi connectivity index (χ0n) is 29.9. The van der Waals surface area contributed by atoms with Crippen molar-refractivity contribution < 1.29 is 0 Å². The number of pyridine rings is 1. The van der Waals surface area contributed by atoms with Gasteiger partial charge in [-0.2, -0.15) is 0 Å². The van der Waals surface area contributed by atoms with Gasteiger partial charge in [0.25, 0.3) is 0 Å². The standard InChI is InChI=1S/C52H33N3/c1-2-12-34(13-3-1)35-22-24-36(25-23-35)49-33-50(37-28-30-53-31-29-37)55-51(54-49)38-26-27-48-44(32-38)40-15-5-4-14-39(40)41-16-6-9-19-45(41)52(48)46-20-10-7-17-42(46)43-18-8-11-21-47(43)52/h1-33H. The molecule has 0 amide bonds. The van der Waals surface area contributed by atoms with Gasteiger partial charge in [0.05, 0.1) is 16.8 Å². The van der Waals surface area contributed by atoms with Crippen LogP contribution in [0.15, 0.2) is 200 Å². The number of aromatic nitrogens is 3. The fourth-order valence-corrected chi connectivity index (χ4v) is 9.05. The van der Waals surface area contributed by atoms with Crippen LogP contribution in [0, 0.1) is 0 Å². The van der Waals surface area contributed by atoms with Gasteiger partial charge in [0, 0.05) is 29.1 Å². The van der Waals surface area contributed by atoms with Gasteiger partial charge in [-0.15, -0.1) is 0 Å². The highest BCUT2D eigenvalue weighted by molar-refractivity contribution is 5.98. The topological polar surface area (TPSA) is 38.7 Å². The van der Waals surface area contributed by atoms with Crippen molar-refractivity contribution in [3.63, 3.8) is 0 Å². The van der Waals surface area contributed by atoms with Crippen LogP contribution in [-0.4, -0.2) is 15.0 Å². The number of hydrogen-bond acceptors (Lipinski definition) is 3. The highest BCUT2D eigenvalue weighted by atomic mass is 14.9. The fraction of sp³-hybridized carbons (Fsp3) is 0.0192. The van der Waals surface area contributed by atoms with Crippen LogP contribution in [0.25, 0.3) is 78.4 Å². The van der Waals surface area contributed by atoms with Crippen LogP contribution in [0.4, 0.5) is 0 Å². The molecule has 0 bridgehead atoms. The summed E-state index contributed by atoms with van der Waals surface area (Å²) in [5, 5.41) is 0. The van der Waals surface area contributed by atoms with E-state index < -0.39 is 5.41 Å². The van der Waals surface area contributed by atoms with Gasteiger partial charge in [0.15, 0.2) is 5.82 Å². The van der Waals surface area contributed by atoms with Crippen molar-refractivity contribution in [1.82, 2.24) is 15.0 Å². The second-order valence-electron chi connectivity index (χ2n) is 14.3. The first-order valence-corrected chi connectivity index (χ1v) is 18.8. The van der Waals surface area contributed by atoms with Gasteiger partial charge in [-0.3, -0.25) is 4.98 Å². The molecule has 256 valence electrons. The van der Waals surface area contributed by atoms with Gasteiger partial charge in [0.1, 0.15) is 0 Å². The van der Waals surface area contributed by atoms with Crippen molar-refractivity contribution in [2.45, 2.75) is 5.41 Å². The van der Waals surface area contributed by atoms with E-state index >= 15 is 0 Å². The zero-order chi connectivity index (χ0) is 36.3. The molecular weight excluding hydrogens is 667 g/mol. The normalized spacial score (nSPS) is 12.9. The van der Waals surface area contributed by atoms with E-state index in [0.29, 0.717) is 5.82 Å². The first-order valence-electron chi connectivity index (χ1n) is 18.8. The number of nitrogens with zero attached hydrogens (tertiary/aromatic N) is 3. The molecule has 2 aliphatic carbocycles. The molecule has 3 heteroatoms. The van der Waals surface area contributed by atoms with Gasteiger partial charge >= 0.3 is 0 Å². The molecule has 0 fully saturated rings. The number of rotatable bonds is 4. The van der Waals surface area contributed by atoms with E-state index in [0.717, 1.165) is 28.1 Å². The Morgan fingerprint density at radius 3 is 1.31 bits per heavy atom. The molecule has 0 unspecified atom stereocenters. The van der Waals surface area contributed by atoms with E-state index in [4.69, 9.17) is 9.97 Å². The van der Waals surface area contributed by atoms with Crippen molar-refractivity contribution in [2.24, 2.45) is 0 Å². The van der Waals surface area contributed by atoms with E-state index in [1.807, 2.05) is 30.6 Å². The smallest absolute Gasteiger partial charge is 0.160 e. The highest BCUT2D eigenvalue weighted by Gasteiger charge is 2.49. The molecule has 2 aromatic heterocycles. The number of hydrogen-bond donors (Lipinski definition) is 0. The Kier molecular flexibility index (Phi) is 7.08. The lowest BCUT2D eigenvalue weighted by Gasteiger charge is -2.35. The zero-order valence-corrected chi connectivity index (χ0v) is 29.9. The molecule has 0 saturated carbocycles. The third-order valence-electron chi connectivity index (χ3n) is 11.5. The van der Waals surface area contributed by atoms with E-state index in [-0.39, 0.29) is 0 Å². The predicted molar refractivity (Wildman–Crippen MR) is 223 cm³/mol. The molecule has 55 heavy (non-hydrogen) atoms. The van der Waals surface area contributed by atoms with E-state index in [1.165, 1.54) is 66.8 Å². The third kappa shape index (κ3) is 4.80. The second kappa shape index (κ2) is 12.4. The summed E-state index contributed by atoms with van der Waals surface area (Å²) in [6, 6.07) is 67.9. The van der Waals surface area contributed by atoms with Gasteiger partial charge < -0.3 is 0 Å². The third-order valence-corrected chi connectivity index (χ3v) is 11.5. The Balaban J connectivity index is 1.16. The molecule has 2 heterocycles. The van der Waals surface area contributed by atoms with Gasteiger partial charge in [-0.25, -0.2) is 9.97 Å². The van der Waals surface area contributed by atoms with E-state index in [2.05, 4.69) is 175 Å². The molecule has 2 aliphatic rings. The molecule has 0 N–H and O–H groups in total. The maximum atomic E-state index is 5.30. The van der Waals surface area contributed by atoms with Crippen molar-refractivity contribution in [1.29, 1.82) is 0 Å². The average Bonchev–Trinajstić information content (AvgIpc) is 3.52. The van der Waals surface area contributed by atoms with Gasteiger partial charge in [-0.1, -0.05) is 164 Å². The first kappa shape index (κ1) is 31.3. The van der Waals surface area contributed by atoms with Crippen molar-refractivity contribution >= 4 is 0 Å². The number of fused-ring (bicyclic) bond motifs is 12. The van der Waals surface area contributed by atoms with Crippen molar-refractivity contribution in [2.75, 3.05) is 0 Å². The Morgan fingerprint density at radius 1 is 0.291 bits per heavy atom. The first-order chi connectivity index (χ1) is 27.3. The molecule has 11 rings (SSSR count). The summed E-state index contributed by atoms with van der Waals surface area (Å²) in [5.74, 6) is 0.680. The van der Waals surface area contributed by atoms with Crippen LogP contribution in [-0.2, 0) is 5.41 Å². The summed E-state index contributed by atoms with van der Waals surface area (Å²) in [6.07, 6.45) is 3.64. The minimum Gasteiger partial charge on any atom is -0.265 e. The van der Waals surface area contributed by atoms with Gasteiger partial charge in [-0.05, 0) is 91.0 Å². The van der Waals surface area contributed by atoms with Crippen LogP contribution in [0.1, 0.15) is 22.3 Å². The maximum Gasteiger partial charge on any atom is 0.160 e. The molecule has 7 aromatic carbocycles. The monoisotopic (exact) mass is 699 g/mol. The fourth-order valence-electron chi connectivity index (χ4n) is 9.05. The quantitative estimate of drug-likeness (QED) is 0.184. The van der Waals surface area contributed by atoms with Crippen molar-refractivity contribution in [3.05, 3.63) is 223 Å².